The molecule has 1 unspecified atom stereocenters. The van der Waals surface area contributed by atoms with Gasteiger partial charge in [-0.25, -0.2) is 4.39 Å². The van der Waals surface area contributed by atoms with Gasteiger partial charge in [0.25, 0.3) is 5.91 Å². The quantitative estimate of drug-likeness (QED) is 0.624. The number of rotatable bonds is 5. The van der Waals surface area contributed by atoms with E-state index in [1.807, 2.05) is 6.92 Å². The lowest BCUT2D eigenvalue weighted by molar-refractivity contribution is -0.137. The predicted octanol–water partition coefficient (Wildman–Crippen LogP) is 4.14. The average Bonchev–Trinajstić information content (AvgIpc) is 2.37. The fraction of sp³-hybridized carbons (Fsp3) is 0.462. The van der Waals surface area contributed by atoms with E-state index in [-0.39, 0.29) is 11.4 Å². The smallest absolute Gasteiger partial charge is 0.352 e. The first-order valence-electron chi connectivity index (χ1n) is 6.04. The SMILES string of the molecule is CCC(Br)CCNC(=O)c1cc(C(F)(F)F)ccc1F. The maximum Gasteiger partial charge on any atom is 0.416 e. The second-order valence-corrected chi connectivity index (χ2v) is 5.54. The van der Waals surface area contributed by atoms with E-state index >= 15 is 0 Å². The topological polar surface area (TPSA) is 29.1 Å². The number of alkyl halides is 4. The Morgan fingerprint density at radius 2 is 2.05 bits per heavy atom. The van der Waals surface area contributed by atoms with Crippen LogP contribution in [-0.4, -0.2) is 17.3 Å². The van der Waals surface area contributed by atoms with Crippen LogP contribution in [-0.2, 0) is 6.18 Å². The first-order chi connectivity index (χ1) is 9.25. The van der Waals surface area contributed by atoms with Crippen LogP contribution in [0.5, 0.6) is 0 Å². The van der Waals surface area contributed by atoms with Crippen LogP contribution < -0.4 is 5.32 Å². The molecule has 0 saturated carbocycles. The largest absolute Gasteiger partial charge is 0.416 e. The lowest BCUT2D eigenvalue weighted by atomic mass is 10.1. The van der Waals surface area contributed by atoms with E-state index < -0.39 is 29.0 Å². The minimum Gasteiger partial charge on any atom is -0.352 e. The molecule has 0 aliphatic heterocycles. The Bertz CT molecular complexity index is 476. The Morgan fingerprint density at radius 1 is 1.40 bits per heavy atom. The van der Waals surface area contributed by atoms with Crippen molar-refractivity contribution in [2.24, 2.45) is 0 Å². The highest BCUT2D eigenvalue weighted by Crippen LogP contribution is 2.30. The highest BCUT2D eigenvalue weighted by atomic mass is 79.9. The van der Waals surface area contributed by atoms with E-state index in [1.54, 1.807) is 0 Å². The lowest BCUT2D eigenvalue weighted by Gasteiger charge is -2.11. The van der Waals surface area contributed by atoms with Crippen LogP contribution in [0.2, 0.25) is 0 Å². The van der Waals surface area contributed by atoms with Crippen molar-refractivity contribution in [3.8, 4) is 0 Å². The molecule has 0 aliphatic rings. The van der Waals surface area contributed by atoms with Crippen LogP contribution in [0.25, 0.3) is 0 Å². The Balaban J connectivity index is 2.77. The van der Waals surface area contributed by atoms with Gasteiger partial charge in [-0.2, -0.15) is 13.2 Å². The molecule has 1 atom stereocenters. The van der Waals surface area contributed by atoms with Gasteiger partial charge in [0.2, 0.25) is 0 Å². The van der Waals surface area contributed by atoms with Crippen LogP contribution in [0.3, 0.4) is 0 Å². The second-order valence-electron chi connectivity index (χ2n) is 4.24. The molecule has 0 aliphatic carbocycles. The molecule has 112 valence electrons. The highest BCUT2D eigenvalue weighted by molar-refractivity contribution is 9.09. The zero-order chi connectivity index (χ0) is 15.3. The van der Waals surface area contributed by atoms with E-state index in [9.17, 15) is 22.4 Å². The zero-order valence-corrected chi connectivity index (χ0v) is 12.3. The van der Waals surface area contributed by atoms with Crippen molar-refractivity contribution in [2.75, 3.05) is 6.54 Å². The van der Waals surface area contributed by atoms with E-state index in [0.717, 1.165) is 6.42 Å². The number of hydrogen-bond donors (Lipinski definition) is 1. The van der Waals surface area contributed by atoms with Gasteiger partial charge in [-0.1, -0.05) is 22.9 Å². The molecule has 1 aromatic rings. The third kappa shape index (κ3) is 4.77. The number of amides is 1. The first kappa shape index (κ1) is 16.9. The lowest BCUT2D eigenvalue weighted by Crippen LogP contribution is -2.27. The van der Waals surface area contributed by atoms with Crippen molar-refractivity contribution in [1.29, 1.82) is 0 Å². The van der Waals surface area contributed by atoms with Crippen molar-refractivity contribution in [1.82, 2.24) is 5.32 Å². The molecule has 0 fully saturated rings. The molecule has 20 heavy (non-hydrogen) atoms. The molecule has 0 saturated heterocycles. The van der Waals surface area contributed by atoms with Gasteiger partial charge in [-0.3, -0.25) is 4.79 Å². The summed E-state index contributed by atoms with van der Waals surface area (Å²) < 4.78 is 50.9. The van der Waals surface area contributed by atoms with Gasteiger partial charge < -0.3 is 5.32 Å². The Hall–Kier alpha value is -1.11. The monoisotopic (exact) mass is 355 g/mol. The van der Waals surface area contributed by atoms with Gasteiger partial charge >= 0.3 is 6.18 Å². The van der Waals surface area contributed by atoms with Gasteiger partial charge in [0.15, 0.2) is 0 Å². The maximum atomic E-state index is 13.4. The number of carbonyl (C=O) groups excluding carboxylic acids is 1. The van der Waals surface area contributed by atoms with Crippen molar-refractivity contribution in [2.45, 2.75) is 30.8 Å². The highest BCUT2D eigenvalue weighted by Gasteiger charge is 2.31. The van der Waals surface area contributed by atoms with E-state index in [0.29, 0.717) is 24.6 Å². The molecule has 0 bridgehead atoms. The number of benzene rings is 1. The summed E-state index contributed by atoms with van der Waals surface area (Å²) >= 11 is 3.36. The Labute approximate surface area is 122 Å². The fourth-order valence-electron chi connectivity index (χ4n) is 1.52. The summed E-state index contributed by atoms with van der Waals surface area (Å²) in [7, 11) is 0. The molecule has 1 aromatic carbocycles. The molecule has 0 heterocycles. The van der Waals surface area contributed by atoms with E-state index in [1.165, 1.54) is 0 Å². The zero-order valence-electron chi connectivity index (χ0n) is 10.7. The number of hydrogen-bond acceptors (Lipinski definition) is 1. The van der Waals surface area contributed by atoms with Gasteiger partial charge in [0.1, 0.15) is 5.82 Å². The van der Waals surface area contributed by atoms with Gasteiger partial charge in [-0.15, -0.1) is 0 Å². The summed E-state index contributed by atoms with van der Waals surface area (Å²) in [5, 5.41) is 2.41. The predicted molar refractivity (Wildman–Crippen MR) is 71.4 cm³/mol. The standard InChI is InChI=1S/C13H14BrF4NO/c1-2-9(14)5-6-19-12(20)10-7-8(13(16,17)18)3-4-11(10)15/h3-4,7,9H,2,5-6H2,1H3,(H,19,20). The van der Waals surface area contributed by atoms with Crippen molar-refractivity contribution >= 4 is 21.8 Å². The molecule has 0 radical (unpaired) electrons. The van der Waals surface area contributed by atoms with Crippen molar-refractivity contribution in [3.05, 3.63) is 35.1 Å². The summed E-state index contributed by atoms with van der Waals surface area (Å²) in [6, 6.07) is 1.78. The van der Waals surface area contributed by atoms with Crippen molar-refractivity contribution in [3.63, 3.8) is 0 Å². The van der Waals surface area contributed by atoms with Gasteiger partial charge in [-0.05, 0) is 31.0 Å². The first-order valence-corrected chi connectivity index (χ1v) is 6.96. The number of nitrogens with one attached hydrogen (secondary N) is 1. The van der Waals surface area contributed by atoms with Crippen LogP contribution >= 0.6 is 15.9 Å². The van der Waals surface area contributed by atoms with Gasteiger partial charge in [0.05, 0.1) is 11.1 Å². The minimum atomic E-state index is -4.61. The summed E-state index contributed by atoms with van der Waals surface area (Å²) in [6.07, 6.45) is -3.14. The molecular formula is C13H14BrF4NO. The summed E-state index contributed by atoms with van der Waals surface area (Å²) in [5.74, 6) is -1.81. The molecule has 1 amide bonds. The molecule has 1 rings (SSSR count). The minimum absolute atomic E-state index is 0.203. The van der Waals surface area contributed by atoms with Crippen molar-refractivity contribution < 1.29 is 22.4 Å². The third-order valence-electron chi connectivity index (χ3n) is 2.72. The average molecular weight is 356 g/mol. The summed E-state index contributed by atoms with van der Waals surface area (Å²) in [5.41, 5.74) is -1.64. The molecule has 1 N–H and O–H groups in total. The van der Waals surface area contributed by atoms with Crippen LogP contribution in [0.15, 0.2) is 18.2 Å². The normalized spacial score (nSPS) is 13.1. The maximum absolute atomic E-state index is 13.4. The van der Waals surface area contributed by atoms with Crippen LogP contribution in [0.1, 0.15) is 35.7 Å². The summed E-state index contributed by atoms with van der Waals surface area (Å²) in [4.78, 5) is 11.9. The Morgan fingerprint density at radius 3 is 2.60 bits per heavy atom. The summed E-state index contributed by atoms with van der Waals surface area (Å²) in [6.45, 7) is 2.21. The third-order valence-corrected chi connectivity index (χ3v) is 3.83. The number of halogens is 5. The molecule has 0 spiro atoms. The van der Waals surface area contributed by atoms with Crippen LogP contribution in [0, 0.1) is 5.82 Å². The van der Waals surface area contributed by atoms with Crippen LogP contribution in [0.4, 0.5) is 17.6 Å². The van der Waals surface area contributed by atoms with Gasteiger partial charge in [0, 0.05) is 11.4 Å². The fourth-order valence-corrected chi connectivity index (χ4v) is 1.75. The van der Waals surface area contributed by atoms with E-state index in [2.05, 4.69) is 21.2 Å². The molecule has 0 aromatic heterocycles. The molecular weight excluding hydrogens is 342 g/mol. The van der Waals surface area contributed by atoms with E-state index in [4.69, 9.17) is 0 Å². The Kier molecular flexibility index (Phi) is 5.98. The molecule has 7 heteroatoms. The second kappa shape index (κ2) is 7.06. The molecule has 2 nitrogen and oxygen atoms in total. The number of carbonyl (C=O) groups is 1.